The van der Waals surface area contributed by atoms with Crippen LogP contribution in [-0.4, -0.2) is 10.7 Å². The molecule has 1 aromatic carbocycles. The number of allylic oxidation sites excluding steroid dienone is 1. The number of aromatic nitrogens is 1. The van der Waals surface area contributed by atoms with Gasteiger partial charge in [0.15, 0.2) is 5.58 Å². The third-order valence-corrected chi connectivity index (χ3v) is 2.74. The SMILES string of the molecule is Brc1ccc2nc(C3=NC=CC3)oc2c1. The molecule has 0 unspecified atom stereocenters. The number of hydrogen-bond acceptors (Lipinski definition) is 3. The molecule has 0 fully saturated rings. The number of fused-ring (bicyclic) bond motifs is 1. The Morgan fingerprint density at radius 1 is 1.33 bits per heavy atom. The fourth-order valence-electron chi connectivity index (χ4n) is 1.52. The standard InChI is InChI=1S/C11H7BrN2O/c12-7-3-4-8-10(6-7)15-11(14-8)9-2-1-5-13-9/h1,3-6H,2H2. The molecule has 1 aliphatic heterocycles. The molecular weight excluding hydrogens is 256 g/mol. The first kappa shape index (κ1) is 8.85. The topological polar surface area (TPSA) is 38.4 Å². The van der Waals surface area contributed by atoms with E-state index in [4.69, 9.17) is 4.42 Å². The molecule has 2 heterocycles. The van der Waals surface area contributed by atoms with E-state index >= 15 is 0 Å². The Kier molecular flexibility index (Phi) is 1.95. The Balaban J connectivity index is 2.14. The van der Waals surface area contributed by atoms with Crippen molar-refractivity contribution in [2.24, 2.45) is 4.99 Å². The number of aliphatic imine (C=N–C) groups is 1. The van der Waals surface area contributed by atoms with E-state index in [1.54, 1.807) is 6.20 Å². The summed E-state index contributed by atoms with van der Waals surface area (Å²) in [5, 5.41) is 0. The van der Waals surface area contributed by atoms with E-state index in [2.05, 4.69) is 25.9 Å². The zero-order valence-corrected chi connectivity index (χ0v) is 9.36. The molecule has 2 aromatic rings. The third-order valence-electron chi connectivity index (χ3n) is 2.24. The number of halogens is 1. The molecule has 0 aliphatic carbocycles. The molecule has 0 N–H and O–H groups in total. The first-order valence-electron chi connectivity index (χ1n) is 4.61. The number of nitrogens with zero attached hydrogens (tertiary/aromatic N) is 2. The van der Waals surface area contributed by atoms with Gasteiger partial charge in [0.05, 0.1) is 0 Å². The molecular formula is C11H7BrN2O. The minimum absolute atomic E-state index is 0.619. The lowest BCUT2D eigenvalue weighted by atomic mass is 10.3. The van der Waals surface area contributed by atoms with E-state index in [1.165, 1.54) is 0 Å². The van der Waals surface area contributed by atoms with Gasteiger partial charge in [0.25, 0.3) is 0 Å². The zero-order valence-electron chi connectivity index (χ0n) is 7.77. The number of oxazole rings is 1. The lowest BCUT2D eigenvalue weighted by Crippen LogP contribution is -1.95. The summed E-state index contributed by atoms with van der Waals surface area (Å²) in [5.74, 6) is 0.619. The van der Waals surface area contributed by atoms with Gasteiger partial charge in [-0.1, -0.05) is 22.0 Å². The van der Waals surface area contributed by atoms with Crippen molar-refractivity contribution in [3.8, 4) is 0 Å². The summed E-state index contributed by atoms with van der Waals surface area (Å²) >= 11 is 3.39. The van der Waals surface area contributed by atoms with Crippen LogP contribution in [-0.2, 0) is 0 Å². The monoisotopic (exact) mass is 262 g/mol. The normalized spacial score (nSPS) is 14.9. The van der Waals surface area contributed by atoms with Crippen molar-refractivity contribution < 1.29 is 4.42 Å². The Labute approximate surface area is 94.7 Å². The van der Waals surface area contributed by atoms with Gasteiger partial charge in [-0.25, -0.2) is 4.98 Å². The molecule has 0 spiro atoms. The third kappa shape index (κ3) is 1.51. The van der Waals surface area contributed by atoms with E-state index in [9.17, 15) is 0 Å². The summed E-state index contributed by atoms with van der Waals surface area (Å²) < 4.78 is 6.61. The molecule has 0 bridgehead atoms. The second-order valence-corrected chi connectivity index (χ2v) is 4.21. The van der Waals surface area contributed by atoms with E-state index in [1.807, 2.05) is 24.3 Å². The first-order chi connectivity index (χ1) is 7.33. The molecule has 1 aromatic heterocycles. The van der Waals surface area contributed by atoms with Crippen LogP contribution in [0.2, 0.25) is 0 Å². The highest BCUT2D eigenvalue weighted by Crippen LogP contribution is 2.22. The number of benzene rings is 1. The van der Waals surface area contributed by atoms with Gasteiger partial charge >= 0.3 is 0 Å². The molecule has 4 heteroatoms. The van der Waals surface area contributed by atoms with Crippen molar-refractivity contribution in [3.63, 3.8) is 0 Å². The Bertz CT molecular complexity index is 583. The number of rotatable bonds is 1. The molecule has 15 heavy (non-hydrogen) atoms. The van der Waals surface area contributed by atoms with Crippen LogP contribution >= 0.6 is 15.9 Å². The van der Waals surface area contributed by atoms with Crippen LogP contribution in [0.4, 0.5) is 0 Å². The van der Waals surface area contributed by atoms with Gasteiger partial charge < -0.3 is 4.42 Å². The van der Waals surface area contributed by atoms with Crippen molar-refractivity contribution in [2.45, 2.75) is 6.42 Å². The maximum absolute atomic E-state index is 5.62. The predicted octanol–water partition coefficient (Wildman–Crippen LogP) is 3.30. The summed E-state index contributed by atoms with van der Waals surface area (Å²) in [5.41, 5.74) is 2.54. The smallest absolute Gasteiger partial charge is 0.242 e. The molecule has 0 saturated carbocycles. The molecule has 1 aliphatic rings. The first-order valence-corrected chi connectivity index (χ1v) is 5.40. The van der Waals surface area contributed by atoms with Crippen molar-refractivity contribution >= 4 is 32.7 Å². The van der Waals surface area contributed by atoms with Crippen LogP contribution in [0, 0.1) is 0 Å². The second-order valence-electron chi connectivity index (χ2n) is 3.30. The van der Waals surface area contributed by atoms with Crippen molar-refractivity contribution in [1.29, 1.82) is 0 Å². The van der Waals surface area contributed by atoms with Gasteiger partial charge in [-0.3, -0.25) is 4.99 Å². The van der Waals surface area contributed by atoms with E-state index in [0.717, 1.165) is 27.7 Å². The lowest BCUT2D eigenvalue weighted by molar-refractivity contribution is 0.589. The van der Waals surface area contributed by atoms with Crippen LogP contribution in [0.25, 0.3) is 11.1 Å². The van der Waals surface area contributed by atoms with Crippen LogP contribution in [0.3, 0.4) is 0 Å². The lowest BCUT2D eigenvalue weighted by Gasteiger charge is -1.89. The summed E-state index contributed by atoms with van der Waals surface area (Å²) in [4.78, 5) is 8.57. The summed E-state index contributed by atoms with van der Waals surface area (Å²) in [6.07, 6.45) is 4.56. The predicted molar refractivity (Wildman–Crippen MR) is 62.0 cm³/mol. The average Bonchev–Trinajstić information content (AvgIpc) is 2.84. The van der Waals surface area contributed by atoms with Gasteiger partial charge in [-0.2, -0.15) is 0 Å². The quantitative estimate of drug-likeness (QED) is 0.791. The van der Waals surface area contributed by atoms with E-state index in [0.29, 0.717) is 5.89 Å². The summed E-state index contributed by atoms with van der Waals surface area (Å²) in [6.45, 7) is 0. The highest BCUT2D eigenvalue weighted by molar-refractivity contribution is 9.10. The van der Waals surface area contributed by atoms with Crippen molar-refractivity contribution in [3.05, 3.63) is 40.8 Å². The Morgan fingerprint density at radius 2 is 2.27 bits per heavy atom. The van der Waals surface area contributed by atoms with Gasteiger partial charge in [0.1, 0.15) is 11.2 Å². The minimum Gasteiger partial charge on any atom is -0.435 e. The highest BCUT2D eigenvalue weighted by Gasteiger charge is 2.12. The molecule has 0 amide bonds. The summed E-state index contributed by atoms with van der Waals surface area (Å²) in [6, 6.07) is 5.79. The van der Waals surface area contributed by atoms with E-state index < -0.39 is 0 Å². The zero-order chi connectivity index (χ0) is 10.3. The van der Waals surface area contributed by atoms with Crippen LogP contribution in [0.15, 0.2) is 44.4 Å². The van der Waals surface area contributed by atoms with Crippen molar-refractivity contribution in [1.82, 2.24) is 4.98 Å². The minimum atomic E-state index is 0.619. The molecule has 3 rings (SSSR count). The van der Waals surface area contributed by atoms with Gasteiger partial charge in [-0.15, -0.1) is 0 Å². The summed E-state index contributed by atoms with van der Waals surface area (Å²) in [7, 11) is 0. The van der Waals surface area contributed by atoms with Gasteiger partial charge in [0, 0.05) is 17.1 Å². The van der Waals surface area contributed by atoms with Crippen molar-refractivity contribution in [2.75, 3.05) is 0 Å². The van der Waals surface area contributed by atoms with Crippen LogP contribution in [0.5, 0.6) is 0 Å². The maximum Gasteiger partial charge on any atom is 0.242 e. The number of hydrogen-bond donors (Lipinski definition) is 0. The largest absolute Gasteiger partial charge is 0.435 e. The molecule has 0 atom stereocenters. The molecule has 0 radical (unpaired) electrons. The maximum atomic E-state index is 5.62. The van der Waals surface area contributed by atoms with Crippen LogP contribution < -0.4 is 0 Å². The van der Waals surface area contributed by atoms with E-state index in [-0.39, 0.29) is 0 Å². The average molecular weight is 263 g/mol. The fraction of sp³-hybridized carbons (Fsp3) is 0.0909. The second kappa shape index (κ2) is 3.31. The van der Waals surface area contributed by atoms with Gasteiger partial charge in [-0.05, 0) is 18.2 Å². The molecule has 74 valence electrons. The Morgan fingerprint density at radius 3 is 3.07 bits per heavy atom. The highest BCUT2D eigenvalue weighted by atomic mass is 79.9. The van der Waals surface area contributed by atoms with Crippen LogP contribution in [0.1, 0.15) is 12.3 Å². The fourth-order valence-corrected chi connectivity index (χ4v) is 1.86. The Hall–Kier alpha value is -1.42. The molecule has 0 saturated heterocycles. The molecule has 3 nitrogen and oxygen atoms in total. The van der Waals surface area contributed by atoms with Gasteiger partial charge in [0.2, 0.25) is 5.89 Å².